The normalized spacial score (nSPS) is 20.1. The summed E-state index contributed by atoms with van der Waals surface area (Å²) < 4.78 is 46.2. The van der Waals surface area contributed by atoms with Gasteiger partial charge in [-0.2, -0.15) is 13.2 Å². The van der Waals surface area contributed by atoms with Crippen molar-refractivity contribution in [3.63, 3.8) is 0 Å². The summed E-state index contributed by atoms with van der Waals surface area (Å²) in [5.41, 5.74) is 3.32. The van der Waals surface area contributed by atoms with Gasteiger partial charge in [0.15, 0.2) is 0 Å². The maximum absolute atomic E-state index is 14.1. The Morgan fingerprint density at radius 2 is 1.62 bits per heavy atom. The van der Waals surface area contributed by atoms with Gasteiger partial charge in [-0.15, -0.1) is 0 Å². The van der Waals surface area contributed by atoms with Crippen molar-refractivity contribution in [2.45, 2.75) is 43.4 Å². The lowest BCUT2D eigenvalue weighted by Gasteiger charge is -2.41. The van der Waals surface area contributed by atoms with Gasteiger partial charge in [-0.1, -0.05) is 66.7 Å². The molecule has 244 valence electrons. The number of allylic oxidation sites excluding steroid dienone is 1. The average Bonchev–Trinajstić information content (AvgIpc) is 3.36. The first kappa shape index (κ1) is 31.8. The van der Waals surface area contributed by atoms with Crippen molar-refractivity contribution in [1.82, 2.24) is 9.80 Å². The Morgan fingerprint density at radius 1 is 0.957 bits per heavy atom. The van der Waals surface area contributed by atoms with Crippen LogP contribution in [0.15, 0.2) is 78.9 Å². The summed E-state index contributed by atoms with van der Waals surface area (Å²) in [6.45, 7) is -0.852. The second kappa shape index (κ2) is 12.6. The number of nitrogens with zero attached hydrogens (tertiary/aromatic N) is 3. The number of amides is 3. The number of fused-ring (bicyclic) bond motifs is 4. The van der Waals surface area contributed by atoms with E-state index >= 15 is 0 Å². The number of rotatable bonds is 6. The van der Waals surface area contributed by atoms with Gasteiger partial charge >= 0.3 is 18.2 Å². The van der Waals surface area contributed by atoms with E-state index in [0.717, 1.165) is 39.3 Å². The number of carboxylic acid groups (broad SMARTS) is 1. The van der Waals surface area contributed by atoms with E-state index in [0.29, 0.717) is 12.0 Å². The highest BCUT2D eigenvalue weighted by Gasteiger charge is 2.43. The van der Waals surface area contributed by atoms with Crippen LogP contribution in [0.4, 0.5) is 23.7 Å². The van der Waals surface area contributed by atoms with E-state index in [2.05, 4.69) is 0 Å². The van der Waals surface area contributed by atoms with Gasteiger partial charge in [0, 0.05) is 31.6 Å². The molecule has 2 atom stereocenters. The number of halogens is 3. The summed E-state index contributed by atoms with van der Waals surface area (Å²) in [5, 5.41) is 9.52. The fourth-order valence-electron chi connectivity index (χ4n) is 6.73. The molecule has 3 aromatic carbocycles. The Balaban J connectivity index is 1.23. The van der Waals surface area contributed by atoms with Gasteiger partial charge in [0.05, 0.1) is 5.56 Å². The maximum Gasteiger partial charge on any atom is 0.416 e. The van der Waals surface area contributed by atoms with E-state index < -0.39 is 54.2 Å². The first-order valence-electron chi connectivity index (χ1n) is 15.2. The smallest absolute Gasteiger partial charge is 0.416 e. The number of carbonyl (C=O) groups is 4. The van der Waals surface area contributed by atoms with E-state index in [1.54, 1.807) is 6.08 Å². The molecular weight excluding hydrogens is 615 g/mol. The van der Waals surface area contributed by atoms with Gasteiger partial charge in [-0.05, 0) is 52.8 Å². The van der Waals surface area contributed by atoms with Crippen molar-refractivity contribution in [3.05, 3.63) is 101 Å². The molecular formula is C35H32F3N3O6. The van der Waals surface area contributed by atoms with Gasteiger partial charge in [0.2, 0.25) is 5.91 Å². The zero-order valence-electron chi connectivity index (χ0n) is 25.4. The Hall–Kier alpha value is -5.13. The number of carbonyl (C=O) groups excluding carboxylic acids is 3. The molecule has 0 bridgehead atoms. The van der Waals surface area contributed by atoms with Crippen molar-refractivity contribution < 1.29 is 42.2 Å². The summed E-state index contributed by atoms with van der Waals surface area (Å²) in [7, 11) is 1.46. The van der Waals surface area contributed by atoms with E-state index in [4.69, 9.17) is 4.74 Å². The van der Waals surface area contributed by atoms with Crippen molar-refractivity contribution in [2.75, 3.05) is 31.6 Å². The average molecular weight is 648 g/mol. The van der Waals surface area contributed by atoms with Gasteiger partial charge in [-0.3, -0.25) is 24.2 Å². The Morgan fingerprint density at radius 3 is 2.26 bits per heavy atom. The quantitative estimate of drug-likeness (QED) is 0.356. The van der Waals surface area contributed by atoms with Gasteiger partial charge in [0.25, 0.3) is 5.91 Å². The van der Waals surface area contributed by atoms with Crippen LogP contribution in [0.25, 0.3) is 11.1 Å². The number of alkyl halides is 3. The summed E-state index contributed by atoms with van der Waals surface area (Å²) in [5.74, 6) is -2.97. The molecule has 0 saturated heterocycles. The zero-order chi connectivity index (χ0) is 33.5. The molecule has 0 unspecified atom stereocenters. The molecule has 0 spiro atoms. The van der Waals surface area contributed by atoms with Crippen LogP contribution in [0.1, 0.15) is 41.0 Å². The zero-order valence-corrected chi connectivity index (χ0v) is 25.4. The number of hydrogen-bond acceptors (Lipinski definition) is 5. The molecule has 3 amide bonds. The highest BCUT2D eigenvalue weighted by molar-refractivity contribution is 6.05. The van der Waals surface area contributed by atoms with Gasteiger partial charge < -0.3 is 14.7 Å². The van der Waals surface area contributed by atoms with Crippen LogP contribution in [0.3, 0.4) is 0 Å². The molecule has 2 aliphatic heterocycles. The van der Waals surface area contributed by atoms with Crippen LogP contribution >= 0.6 is 0 Å². The molecule has 9 nitrogen and oxygen atoms in total. The third-order valence-corrected chi connectivity index (χ3v) is 9.07. The largest absolute Gasteiger partial charge is 0.480 e. The minimum Gasteiger partial charge on any atom is -0.480 e. The fourth-order valence-corrected chi connectivity index (χ4v) is 6.73. The van der Waals surface area contributed by atoms with E-state index in [1.807, 2.05) is 54.6 Å². The number of carboxylic acids is 1. The Bertz CT molecular complexity index is 1730. The highest BCUT2D eigenvalue weighted by atomic mass is 19.4. The number of hydrogen-bond donors (Lipinski definition) is 1. The summed E-state index contributed by atoms with van der Waals surface area (Å²) in [6.07, 6.45) is -1.31. The topological polar surface area (TPSA) is 107 Å². The molecule has 1 aliphatic carbocycles. The Labute approximate surface area is 268 Å². The van der Waals surface area contributed by atoms with Gasteiger partial charge in [-0.25, -0.2) is 4.79 Å². The minimum absolute atomic E-state index is 0.0127. The van der Waals surface area contributed by atoms with Crippen molar-refractivity contribution in [2.24, 2.45) is 0 Å². The molecule has 0 saturated carbocycles. The molecule has 1 N–H and O–H groups in total. The van der Waals surface area contributed by atoms with E-state index in [9.17, 15) is 37.5 Å². The number of anilines is 1. The second-order valence-electron chi connectivity index (χ2n) is 11.8. The third-order valence-electron chi connectivity index (χ3n) is 9.07. The van der Waals surface area contributed by atoms with Crippen LogP contribution in [-0.2, 0) is 31.7 Å². The first-order valence-corrected chi connectivity index (χ1v) is 15.2. The van der Waals surface area contributed by atoms with Crippen LogP contribution in [0, 0.1) is 0 Å². The molecule has 0 radical (unpaired) electrons. The van der Waals surface area contributed by atoms with Crippen molar-refractivity contribution in [3.8, 4) is 11.1 Å². The Kier molecular flexibility index (Phi) is 8.52. The third kappa shape index (κ3) is 6.07. The lowest BCUT2D eigenvalue weighted by Crippen LogP contribution is -2.59. The summed E-state index contributed by atoms with van der Waals surface area (Å²) in [4.78, 5) is 56.3. The van der Waals surface area contributed by atoms with Crippen LogP contribution < -0.4 is 4.90 Å². The minimum atomic E-state index is -4.70. The van der Waals surface area contributed by atoms with Crippen molar-refractivity contribution in [1.29, 1.82) is 0 Å². The lowest BCUT2D eigenvalue weighted by atomic mass is 9.93. The molecule has 12 heteroatoms. The number of ether oxygens (including phenoxy) is 1. The first-order chi connectivity index (χ1) is 22.5. The molecule has 2 heterocycles. The molecule has 3 aromatic rings. The van der Waals surface area contributed by atoms with Crippen LogP contribution in [-0.4, -0.2) is 77.6 Å². The summed E-state index contributed by atoms with van der Waals surface area (Å²) >= 11 is 0. The number of likely N-dealkylation sites (N-methyl/N-ethyl adjacent to an activating group) is 1. The molecule has 47 heavy (non-hydrogen) atoms. The summed E-state index contributed by atoms with van der Waals surface area (Å²) in [6, 6.07) is 16.4. The fraction of sp³-hybridized carbons (Fsp3) is 0.314. The van der Waals surface area contributed by atoms with Crippen LogP contribution in [0.2, 0.25) is 0 Å². The van der Waals surface area contributed by atoms with Crippen LogP contribution in [0.5, 0.6) is 0 Å². The van der Waals surface area contributed by atoms with Gasteiger partial charge in [0.1, 0.15) is 25.2 Å². The molecule has 0 fully saturated rings. The second-order valence-corrected chi connectivity index (χ2v) is 11.8. The number of benzene rings is 3. The lowest BCUT2D eigenvalue weighted by molar-refractivity contribution is -0.143. The predicted octanol–water partition coefficient (Wildman–Crippen LogP) is 5.48. The predicted molar refractivity (Wildman–Crippen MR) is 166 cm³/mol. The highest BCUT2D eigenvalue weighted by Crippen LogP contribution is 2.44. The monoisotopic (exact) mass is 647 g/mol. The molecule has 0 aromatic heterocycles. The van der Waals surface area contributed by atoms with Crippen molar-refractivity contribution >= 4 is 29.6 Å². The molecule has 3 aliphatic rings. The van der Waals surface area contributed by atoms with E-state index in [1.165, 1.54) is 22.9 Å². The molecule has 6 rings (SSSR count). The standard InChI is InChI=1S/C35H32F3N3O6/c1-39(34(46)47-20-27-25-11-6-4-9-23(25)24-10-5-7-12-26(24)27)28-13-3-2-8-16-40(32(28)44)30-17-21-14-15-22(35(36,37)38)18-29(21)41(33(30)45)19-31(42)43/h2,4-12,14-15,18,27-28,30H,3,13,16-17,19-20H2,1H3,(H,42,43)/b8-2-/t28-,30-/m0/s1. The maximum atomic E-state index is 14.1. The SMILES string of the molecule is CN(C(=O)OCC1c2ccccc2-c2ccccc21)[C@H]1CC/C=C\CN([C@H]2Cc3ccc(C(F)(F)F)cc3N(CC(=O)O)C2=O)C1=O. The number of aliphatic carboxylic acids is 1. The van der Waals surface area contributed by atoms with E-state index in [-0.39, 0.29) is 37.6 Å².